The summed E-state index contributed by atoms with van der Waals surface area (Å²) >= 11 is 0. The average Bonchev–Trinajstić information content (AvgIpc) is 2.45. The van der Waals surface area contributed by atoms with Gasteiger partial charge in [0.2, 0.25) is 0 Å². The Balaban J connectivity index is 2.88. The summed E-state index contributed by atoms with van der Waals surface area (Å²) in [7, 11) is -0.565. The molecule has 130 valence electrons. The smallest absolute Gasteiger partial charge is 0.305 e. The molecule has 3 nitrogen and oxygen atoms in total. The second-order valence-electron chi connectivity index (χ2n) is 7.39. The Hall–Kier alpha value is -1.20. The van der Waals surface area contributed by atoms with E-state index < -0.39 is 8.32 Å². The first kappa shape index (κ1) is 19.8. The third-order valence-electron chi connectivity index (χ3n) is 4.56. The lowest BCUT2D eigenvalue weighted by Crippen LogP contribution is -2.41. The minimum absolute atomic E-state index is 0.0909. The second-order valence-corrected chi connectivity index (χ2v) is 12.1. The third-order valence-corrected chi connectivity index (χ3v) is 9.05. The minimum Gasteiger partial charge on any atom is -0.469 e. The van der Waals surface area contributed by atoms with Crippen LogP contribution in [0.15, 0.2) is 24.3 Å². The van der Waals surface area contributed by atoms with E-state index in [1.807, 2.05) is 0 Å². The van der Waals surface area contributed by atoms with Crippen molar-refractivity contribution < 1.29 is 18.3 Å². The van der Waals surface area contributed by atoms with Gasteiger partial charge < -0.3 is 9.16 Å². The van der Waals surface area contributed by atoms with Crippen molar-refractivity contribution in [1.82, 2.24) is 0 Å². The van der Waals surface area contributed by atoms with Gasteiger partial charge in [0.1, 0.15) is 5.82 Å². The molecule has 0 aliphatic heterocycles. The van der Waals surface area contributed by atoms with E-state index in [-0.39, 0.29) is 22.9 Å². The van der Waals surface area contributed by atoms with Crippen LogP contribution >= 0.6 is 0 Å². The first-order chi connectivity index (χ1) is 10.6. The topological polar surface area (TPSA) is 35.5 Å². The van der Waals surface area contributed by atoms with Gasteiger partial charge in [-0.15, -0.1) is 0 Å². The van der Waals surface area contributed by atoms with E-state index in [2.05, 4.69) is 38.6 Å². The molecule has 23 heavy (non-hydrogen) atoms. The number of ether oxygens (including phenoxy) is 1. The molecule has 5 heteroatoms. The molecule has 0 aliphatic carbocycles. The average molecular weight is 341 g/mol. The van der Waals surface area contributed by atoms with Gasteiger partial charge in [0.25, 0.3) is 0 Å². The lowest BCUT2D eigenvalue weighted by atomic mass is 10.0. The van der Waals surface area contributed by atoms with Crippen molar-refractivity contribution in [2.75, 3.05) is 7.11 Å². The predicted molar refractivity (Wildman–Crippen MR) is 93.3 cm³/mol. The highest BCUT2D eigenvalue weighted by molar-refractivity contribution is 6.74. The SMILES string of the molecule is COC(=O)CCC[C@H](O[Si](C)(C)C(C)(C)C)c1ccc(F)cc1. The molecule has 0 fully saturated rings. The second kappa shape index (κ2) is 8.06. The van der Waals surface area contributed by atoms with E-state index in [0.717, 1.165) is 5.56 Å². The van der Waals surface area contributed by atoms with Crippen molar-refractivity contribution in [2.45, 2.75) is 64.3 Å². The number of methoxy groups -OCH3 is 1. The maximum atomic E-state index is 13.2. The maximum absolute atomic E-state index is 13.2. The first-order valence-electron chi connectivity index (χ1n) is 8.07. The number of carbonyl (C=O) groups excluding carboxylic acids is 1. The Morgan fingerprint density at radius 3 is 2.26 bits per heavy atom. The summed E-state index contributed by atoms with van der Waals surface area (Å²) in [5.74, 6) is -0.468. The van der Waals surface area contributed by atoms with Gasteiger partial charge in [0, 0.05) is 6.42 Å². The fourth-order valence-electron chi connectivity index (χ4n) is 2.04. The van der Waals surface area contributed by atoms with Crippen LogP contribution in [0, 0.1) is 5.82 Å². The fraction of sp³-hybridized carbons (Fsp3) is 0.611. The van der Waals surface area contributed by atoms with Crippen molar-refractivity contribution in [1.29, 1.82) is 0 Å². The summed E-state index contributed by atoms with van der Waals surface area (Å²) in [6.45, 7) is 11.0. The van der Waals surface area contributed by atoms with Crippen molar-refractivity contribution in [3.63, 3.8) is 0 Å². The molecule has 0 unspecified atom stereocenters. The van der Waals surface area contributed by atoms with Crippen molar-refractivity contribution in [2.24, 2.45) is 0 Å². The first-order valence-corrected chi connectivity index (χ1v) is 11.0. The number of halogens is 1. The van der Waals surface area contributed by atoms with Crippen LogP contribution in [-0.2, 0) is 14.0 Å². The highest BCUT2D eigenvalue weighted by atomic mass is 28.4. The molecular formula is C18H29FO3Si. The molecular weight excluding hydrogens is 311 g/mol. The predicted octanol–water partition coefficient (Wildman–Crippen LogP) is 5.23. The molecule has 1 atom stereocenters. The molecule has 0 N–H and O–H groups in total. The van der Waals surface area contributed by atoms with Crippen LogP contribution < -0.4 is 0 Å². The number of hydrogen-bond donors (Lipinski definition) is 0. The summed E-state index contributed by atoms with van der Waals surface area (Å²) in [6, 6.07) is 6.45. The van der Waals surface area contributed by atoms with Gasteiger partial charge in [-0.1, -0.05) is 32.9 Å². The number of hydrogen-bond acceptors (Lipinski definition) is 3. The molecule has 0 saturated heterocycles. The normalized spacial score (nSPS) is 13.7. The Morgan fingerprint density at radius 1 is 1.22 bits per heavy atom. The Labute approximate surface area is 140 Å². The molecule has 1 aromatic carbocycles. The number of esters is 1. The molecule has 0 saturated carbocycles. The standard InChI is InChI=1S/C18H29FO3Si/c1-18(2,3)23(5,6)22-16(8-7-9-17(20)21-4)14-10-12-15(19)13-11-14/h10-13,16H,7-9H2,1-6H3/t16-/m0/s1. The van der Waals surface area contributed by atoms with E-state index in [1.54, 1.807) is 12.1 Å². The molecule has 0 aromatic heterocycles. The highest BCUT2D eigenvalue weighted by Gasteiger charge is 2.39. The van der Waals surface area contributed by atoms with Gasteiger partial charge in [-0.2, -0.15) is 0 Å². The summed E-state index contributed by atoms with van der Waals surface area (Å²) in [6.07, 6.45) is 1.65. The summed E-state index contributed by atoms with van der Waals surface area (Å²) in [4.78, 5) is 11.3. The Morgan fingerprint density at radius 2 is 1.78 bits per heavy atom. The number of carbonyl (C=O) groups is 1. The van der Waals surface area contributed by atoms with E-state index in [1.165, 1.54) is 19.2 Å². The molecule has 1 rings (SSSR count). The fourth-order valence-corrected chi connectivity index (χ4v) is 3.36. The van der Waals surface area contributed by atoms with Crippen LogP contribution in [0.5, 0.6) is 0 Å². The molecule has 0 spiro atoms. The van der Waals surface area contributed by atoms with E-state index >= 15 is 0 Å². The number of benzene rings is 1. The largest absolute Gasteiger partial charge is 0.469 e. The maximum Gasteiger partial charge on any atom is 0.305 e. The van der Waals surface area contributed by atoms with Crippen LogP contribution in [0.4, 0.5) is 4.39 Å². The van der Waals surface area contributed by atoms with Gasteiger partial charge >= 0.3 is 5.97 Å². The lowest BCUT2D eigenvalue weighted by molar-refractivity contribution is -0.140. The van der Waals surface area contributed by atoms with Crippen LogP contribution in [0.1, 0.15) is 51.7 Å². The quantitative estimate of drug-likeness (QED) is 0.503. The van der Waals surface area contributed by atoms with Gasteiger partial charge in [-0.3, -0.25) is 4.79 Å². The van der Waals surface area contributed by atoms with Gasteiger partial charge in [-0.05, 0) is 48.7 Å². The molecule has 1 aromatic rings. The van der Waals surface area contributed by atoms with Crippen LogP contribution in [0.3, 0.4) is 0 Å². The Kier molecular flexibility index (Phi) is 6.95. The summed E-state index contributed by atoms with van der Waals surface area (Å²) in [5, 5.41) is 0.0909. The van der Waals surface area contributed by atoms with Gasteiger partial charge in [0.05, 0.1) is 13.2 Å². The summed E-state index contributed by atoms with van der Waals surface area (Å²) < 4.78 is 24.4. The van der Waals surface area contributed by atoms with Crippen LogP contribution in [-0.4, -0.2) is 21.4 Å². The van der Waals surface area contributed by atoms with Crippen LogP contribution in [0.2, 0.25) is 18.1 Å². The minimum atomic E-state index is -1.96. The molecule has 0 heterocycles. The molecule has 0 radical (unpaired) electrons. The van der Waals surface area contributed by atoms with Crippen molar-refractivity contribution in [3.05, 3.63) is 35.6 Å². The van der Waals surface area contributed by atoms with Crippen molar-refractivity contribution >= 4 is 14.3 Å². The molecule has 0 amide bonds. The van der Waals surface area contributed by atoms with Crippen LogP contribution in [0.25, 0.3) is 0 Å². The van der Waals surface area contributed by atoms with Crippen molar-refractivity contribution in [3.8, 4) is 0 Å². The zero-order valence-corrected chi connectivity index (χ0v) is 16.1. The van der Waals surface area contributed by atoms with E-state index in [0.29, 0.717) is 19.3 Å². The van der Waals surface area contributed by atoms with Gasteiger partial charge in [-0.25, -0.2) is 4.39 Å². The lowest BCUT2D eigenvalue weighted by Gasteiger charge is -2.39. The zero-order chi connectivity index (χ0) is 17.7. The highest BCUT2D eigenvalue weighted by Crippen LogP contribution is 2.40. The third kappa shape index (κ3) is 6.07. The number of rotatable bonds is 7. The van der Waals surface area contributed by atoms with E-state index in [4.69, 9.17) is 4.43 Å². The monoisotopic (exact) mass is 340 g/mol. The molecule has 0 aliphatic rings. The zero-order valence-electron chi connectivity index (χ0n) is 15.1. The van der Waals surface area contributed by atoms with E-state index in [9.17, 15) is 9.18 Å². The molecule has 0 bridgehead atoms. The Bertz CT molecular complexity index is 506. The van der Waals surface area contributed by atoms with Gasteiger partial charge in [0.15, 0.2) is 8.32 Å². The summed E-state index contributed by atoms with van der Waals surface area (Å²) in [5.41, 5.74) is 0.959.